The number of hydrogen-bond donors (Lipinski definition) is 0. The van der Waals surface area contributed by atoms with Crippen LogP contribution in [0.4, 0.5) is 8.78 Å². The van der Waals surface area contributed by atoms with Gasteiger partial charge < -0.3 is 0 Å². The zero-order valence-electron chi connectivity index (χ0n) is 18.2. The molecule has 36 heavy (non-hydrogen) atoms. The zero-order chi connectivity index (χ0) is 24.0. The van der Waals surface area contributed by atoms with Crippen molar-refractivity contribution in [3.63, 3.8) is 0 Å². The Morgan fingerprint density at radius 1 is 0.611 bits per heavy atom. The average molecular weight is 636 g/mol. The van der Waals surface area contributed by atoms with Gasteiger partial charge in [-0.1, -0.05) is 0 Å². The second-order valence-electron chi connectivity index (χ2n) is 8.57. The van der Waals surface area contributed by atoms with Gasteiger partial charge >= 0.3 is 224 Å². The Morgan fingerprint density at radius 3 is 1.53 bits per heavy atom. The van der Waals surface area contributed by atoms with Crippen molar-refractivity contribution < 1.29 is 8.78 Å². The van der Waals surface area contributed by atoms with E-state index in [9.17, 15) is 8.78 Å². The predicted molar refractivity (Wildman–Crippen MR) is 150 cm³/mol. The summed E-state index contributed by atoms with van der Waals surface area (Å²) in [6, 6.07) is 16.3. The van der Waals surface area contributed by atoms with Crippen molar-refractivity contribution in [2.45, 2.75) is 0 Å². The summed E-state index contributed by atoms with van der Waals surface area (Å²) in [7, 11) is 0. The molecule has 2 aromatic carbocycles. The van der Waals surface area contributed by atoms with E-state index in [1.54, 1.807) is 12.4 Å². The van der Waals surface area contributed by atoms with Crippen molar-refractivity contribution in [3.05, 3.63) is 85.0 Å². The van der Waals surface area contributed by atoms with Crippen molar-refractivity contribution in [3.8, 4) is 20.0 Å². The number of halogens is 2. The fourth-order valence-corrected chi connectivity index (χ4v) is 12.3. The van der Waals surface area contributed by atoms with Crippen LogP contribution < -0.4 is 0 Å². The second-order valence-corrected chi connectivity index (χ2v) is 15.2. The Hall–Kier alpha value is -2.70. The Morgan fingerprint density at radius 2 is 1.08 bits per heavy atom. The fraction of sp³-hybridized carbons (Fsp3) is 0. The average Bonchev–Trinajstić information content (AvgIpc) is 3.63. The first-order chi connectivity index (χ1) is 17.6. The first-order valence-electron chi connectivity index (χ1n) is 11.1. The molecule has 0 aliphatic carbocycles. The predicted octanol–water partition coefficient (Wildman–Crippen LogP) is 8.09. The molecule has 0 unspecified atom stereocenters. The van der Waals surface area contributed by atoms with Crippen LogP contribution >= 0.6 is 22.7 Å². The number of hydrogen-bond acceptors (Lipinski definition) is 4. The summed E-state index contributed by atoms with van der Waals surface area (Å²) < 4.78 is 38.6. The Kier molecular flexibility index (Phi) is 4.69. The molecule has 0 aliphatic rings. The van der Waals surface area contributed by atoms with Crippen LogP contribution in [0, 0.1) is 11.6 Å². The van der Waals surface area contributed by atoms with Crippen LogP contribution in [-0.2, 0) is 0 Å². The van der Waals surface area contributed by atoms with E-state index >= 15 is 0 Å². The summed E-state index contributed by atoms with van der Waals surface area (Å²) >= 11 is 3.78. The van der Waals surface area contributed by atoms with Gasteiger partial charge in [0.25, 0.3) is 0 Å². The molecule has 0 fully saturated rings. The van der Waals surface area contributed by atoms with Gasteiger partial charge in [-0.3, -0.25) is 0 Å². The van der Waals surface area contributed by atoms with E-state index in [-0.39, 0.29) is 40.6 Å². The summed E-state index contributed by atoms with van der Waals surface area (Å²) in [4.78, 5) is 8.25. The second kappa shape index (κ2) is 7.90. The number of benzene rings is 2. The molecule has 0 saturated carbocycles. The van der Waals surface area contributed by atoms with Crippen LogP contribution in [0.3, 0.4) is 0 Å². The Labute approximate surface area is 223 Å². The molecule has 2 nitrogen and oxygen atoms in total. The molecular weight excluding hydrogens is 624 g/mol. The van der Waals surface area contributed by atoms with Crippen molar-refractivity contribution in [1.82, 2.24) is 9.97 Å². The van der Waals surface area contributed by atoms with E-state index in [1.807, 2.05) is 22.7 Å². The van der Waals surface area contributed by atoms with E-state index < -0.39 is 0 Å². The van der Waals surface area contributed by atoms with E-state index in [0.717, 1.165) is 8.87 Å². The van der Waals surface area contributed by atoms with Crippen molar-refractivity contribution in [2.75, 3.05) is 0 Å². The zero-order valence-corrected chi connectivity index (χ0v) is 23.3. The number of thiophene rings is 2. The van der Waals surface area contributed by atoms with Gasteiger partial charge in [0.2, 0.25) is 0 Å². The normalized spacial score (nSPS) is 12.2. The maximum absolute atomic E-state index is 14.4. The van der Waals surface area contributed by atoms with Gasteiger partial charge in [0.1, 0.15) is 0 Å². The van der Waals surface area contributed by atoms with Gasteiger partial charge in [-0.25, -0.2) is 0 Å². The molecule has 0 saturated heterocycles. The molecule has 0 amide bonds. The molecule has 172 valence electrons. The number of fused-ring (bicyclic) bond motifs is 7. The molecule has 0 spiro atoms. The van der Waals surface area contributed by atoms with E-state index in [1.165, 1.54) is 73.4 Å². The van der Waals surface area contributed by atoms with Crippen LogP contribution in [-0.4, -0.2) is 39.0 Å². The summed E-state index contributed by atoms with van der Waals surface area (Å²) in [6.45, 7) is 0. The number of nitrogens with zero attached hydrogens (tertiary/aromatic N) is 2. The molecule has 8 rings (SSSR count). The minimum absolute atomic E-state index is 0.0541. The third-order valence-electron chi connectivity index (χ3n) is 6.42. The quantitative estimate of drug-likeness (QED) is 0.179. The molecule has 0 bridgehead atoms. The van der Waals surface area contributed by atoms with Crippen LogP contribution in [0.2, 0.25) is 0 Å². The van der Waals surface area contributed by atoms with E-state index in [4.69, 9.17) is 0 Å². The van der Waals surface area contributed by atoms with Gasteiger partial charge in [-0.15, -0.1) is 0 Å². The van der Waals surface area contributed by atoms with E-state index in [2.05, 4.69) is 46.4 Å². The molecule has 0 atom stereocenters. The van der Waals surface area contributed by atoms with Crippen molar-refractivity contribution >= 4 is 101 Å². The molecule has 6 aromatic heterocycles. The standard InChI is InChI=1S/C28H12F2N2S2Se2/c29-19-1-3-31-11-17(19)25-7-13-5-15-21(9-23(13)35-25)33-28-16-6-14-8-26(18-12-32-4-2-20(18)30)36-24(14)10-22(16)34-27(15)28/h1-12H. The molecule has 0 aliphatic heterocycles. The van der Waals surface area contributed by atoms with Crippen LogP contribution in [0.5, 0.6) is 0 Å². The van der Waals surface area contributed by atoms with Gasteiger partial charge in [0.05, 0.1) is 0 Å². The van der Waals surface area contributed by atoms with E-state index in [0.29, 0.717) is 11.1 Å². The SMILES string of the molecule is Fc1ccncc1-c1cc2cc3c(cc2[se]1)sc1c2cc4cc(-c5cnccc5F)[se]c4cc2sc31. The van der Waals surface area contributed by atoms with Gasteiger partial charge in [0, 0.05) is 0 Å². The molecule has 0 N–H and O–H groups in total. The molecule has 6 heterocycles. The van der Waals surface area contributed by atoms with Gasteiger partial charge in [0.15, 0.2) is 0 Å². The van der Waals surface area contributed by atoms with Crippen molar-refractivity contribution in [2.24, 2.45) is 0 Å². The van der Waals surface area contributed by atoms with Crippen LogP contribution in [0.1, 0.15) is 0 Å². The molecule has 0 radical (unpaired) electrons. The van der Waals surface area contributed by atoms with Gasteiger partial charge in [-0.05, 0) is 0 Å². The summed E-state index contributed by atoms with van der Waals surface area (Å²) in [5.74, 6) is -0.421. The molecule has 8 heteroatoms. The van der Waals surface area contributed by atoms with Crippen molar-refractivity contribution in [1.29, 1.82) is 0 Å². The topological polar surface area (TPSA) is 25.8 Å². The maximum atomic E-state index is 14.4. The molecule has 8 aromatic rings. The number of pyridine rings is 2. The third kappa shape index (κ3) is 3.16. The monoisotopic (exact) mass is 638 g/mol. The summed E-state index contributed by atoms with van der Waals surface area (Å²) in [5.41, 5.74) is 1.22. The van der Waals surface area contributed by atoms with Crippen LogP contribution in [0.15, 0.2) is 73.3 Å². The third-order valence-corrected chi connectivity index (χ3v) is 13.7. The molecular formula is C28H12F2N2S2Se2. The Bertz CT molecular complexity index is 2000. The minimum atomic E-state index is -0.210. The first kappa shape index (κ1) is 21.4. The van der Waals surface area contributed by atoms with Gasteiger partial charge in [-0.2, -0.15) is 0 Å². The number of rotatable bonds is 2. The van der Waals surface area contributed by atoms with Crippen LogP contribution in [0.25, 0.3) is 68.9 Å². The first-order valence-corrected chi connectivity index (χ1v) is 16.1. The number of aromatic nitrogens is 2. The fourth-order valence-electron chi connectivity index (χ4n) is 4.71. The summed E-state index contributed by atoms with van der Waals surface area (Å²) in [5, 5.41) is 4.92. The summed E-state index contributed by atoms with van der Waals surface area (Å²) in [6.07, 6.45) is 6.25. The Balaban J connectivity index is 1.31.